The summed E-state index contributed by atoms with van der Waals surface area (Å²) in [5.41, 5.74) is 2.82. The highest BCUT2D eigenvalue weighted by Crippen LogP contribution is 2.23. The van der Waals surface area contributed by atoms with Gasteiger partial charge in [-0.2, -0.15) is 0 Å². The number of benzene rings is 2. The van der Waals surface area contributed by atoms with Crippen molar-refractivity contribution in [3.05, 3.63) is 59.7 Å². The topological polar surface area (TPSA) is 49.9 Å². The van der Waals surface area contributed by atoms with Crippen molar-refractivity contribution in [3.63, 3.8) is 0 Å². The van der Waals surface area contributed by atoms with Gasteiger partial charge in [-0.15, -0.1) is 0 Å². The van der Waals surface area contributed by atoms with Crippen LogP contribution in [-0.4, -0.2) is 43.5 Å². The van der Waals surface area contributed by atoms with Gasteiger partial charge in [0.25, 0.3) is 0 Å². The number of hydrogen-bond acceptors (Lipinski definition) is 3. The third-order valence-electron chi connectivity index (χ3n) is 4.51. The number of hydrogen-bond donors (Lipinski definition) is 0. The lowest BCUT2D eigenvalue weighted by Gasteiger charge is -2.35. The number of carbonyl (C=O) groups excluding carboxylic acids is 2. The highest BCUT2D eigenvalue weighted by atomic mass is 16.5. The number of carbonyl (C=O) groups is 2. The lowest BCUT2D eigenvalue weighted by Crippen LogP contribution is -2.53. The SMILES string of the molecule is COc1ccccc1CC(=O)N1CCN(c2ccccc2C)C(=O)C1. The molecule has 2 aromatic carbocycles. The fourth-order valence-electron chi connectivity index (χ4n) is 3.13. The van der Waals surface area contributed by atoms with Crippen LogP contribution in [0.5, 0.6) is 5.75 Å². The Balaban J connectivity index is 1.67. The maximum Gasteiger partial charge on any atom is 0.246 e. The third-order valence-corrected chi connectivity index (χ3v) is 4.51. The maximum atomic E-state index is 12.6. The van der Waals surface area contributed by atoms with Gasteiger partial charge in [0, 0.05) is 24.3 Å². The molecule has 130 valence electrons. The van der Waals surface area contributed by atoms with Crippen molar-refractivity contribution in [2.24, 2.45) is 0 Å². The molecule has 0 unspecified atom stereocenters. The Morgan fingerprint density at radius 3 is 2.52 bits per heavy atom. The molecule has 0 atom stereocenters. The second-order valence-corrected chi connectivity index (χ2v) is 6.14. The minimum atomic E-state index is -0.0534. The molecule has 0 bridgehead atoms. The van der Waals surface area contributed by atoms with Crippen LogP contribution in [0.1, 0.15) is 11.1 Å². The van der Waals surface area contributed by atoms with Crippen molar-refractivity contribution in [1.29, 1.82) is 0 Å². The van der Waals surface area contributed by atoms with Crippen molar-refractivity contribution in [2.45, 2.75) is 13.3 Å². The number of amides is 2. The lowest BCUT2D eigenvalue weighted by atomic mass is 10.1. The molecule has 2 amide bonds. The molecule has 1 fully saturated rings. The van der Waals surface area contributed by atoms with E-state index in [1.165, 1.54) is 0 Å². The van der Waals surface area contributed by atoms with Crippen LogP contribution in [0.2, 0.25) is 0 Å². The zero-order valence-electron chi connectivity index (χ0n) is 14.6. The minimum Gasteiger partial charge on any atom is -0.496 e. The highest BCUT2D eigenvalue weighted by Gasteiger charge is 2.28. The van der Waals surface area contributed by atoms with Gasteiger partial charge in [-0.05, 0) is 24.6 Å². The molecule has 0 aliphatic carbocycles. The van der Waals surface area contributed by atoms with Crippen LogP contribution >= 0.6 is 0 Å². The second kappa shape index (κ2) is 7.38. The van der Waals surface area contributed by atoms with Gasteiger partial charge in [-0.25, -0.2) is 0 Å². The van der Waals surface area contributed by atoms with Crippen molar-refractivity contribution >= 4 is 17.5 Å². The molecule has 1 aliphatic heterocycles. The molecule has 5 nitrogen and oxygen atoms in total. The van der Waals surface area contributed by atoms with Crippen LogP contribution in [-0.2, 0) is 16.0 Å². The Hall–Kier alpha value is -2.82. The molecule has 0 aromatic heterocycles. The van der Waals surface area contributed by atoms with Crippen molar-refractivity contribution in [3.8, 4) is 5.75 Å². The summed E-state index contributed by atoms with van der Waals surface area (Å²) >= 11 is 0. The van der Waals surface area contributed by atoms with Gasteiger partial charge < -0.3 is 14.5 Å². The summed E-state index contributed by atoms with van der Waals surface area (Å²) in [4.78, 5) is 28.5. The fraction of sp³-hybridized carbons (Fsp3) is 0.300. The van der Waals surface area contributed by atoms with Gasteiger partial charge >= 0.3 is 0 Å². The summed E-state index contributed by atoms with van der Waals surface area (Å²) in [6.07, 6.45) is 0.238. The smallest absolute Gasteiger partial charge is 0.246 e. The van der Waals surface area contributed by atoms with Crippen LogP contribution < -0.4 is 9.64 Å². The average Bonchev–Trinajstić information content (AvgIpc) is 2.63. The molecule has 0 radical (unpaired) electrons. The van der Waals surface area contributed by atoms with Crippen molar-refractivity contribution in [2.75, 3.05) is 31.6 Å². The molecule has 25 heavy (non-hydrogen) atoms. The quantitative estimate of drug-likeness (QED) is 0.860. The van der Waals surface area contributed by atoms with Crippen LogP contribution in [0, 0.1) is 6.92 Å². The largest absolute Gasteiger partial charge is 0.496 e. The highest BCUT2D eigenvalue weighted by molar-refractivity contribution is 5.98. The van der Waals surface area contributed by atoms with E-state index in [1.54, 1.807) is 16.9 Å². The van der Waals surface area contributed by atoms with Crippen LogP contribution in [0.15, 0.2) is 48.5 Å². The summed E-state index contributed by atoms with van der Waals surface area (Å²) < 4.78 is 5.30. The Morgan fingerprint density at radius 1 is 1.08 bits per heavy atom. The molecular formula is C20H22N2O3. The van der Waals surface area contributed by atoms with E-state index in [4.69, 9.17) is 4.74 Å². The first-order valence-corrected chi connectivity index (χ1v) is 8.36. The number of aryl methyl sites for hydroxylation is 1. The van der Waals surface area contributed by atoms with E-state index in [0.717, 1.165) is 16.8 Å². The second-order valence-electron chi connectivity index (χ2n) is 6.14. The van der Waals surface area contributed by atoms with Crippen molar-refractivity contribution in [1.82, 2.24) is 4.90 Å². The molecule has 3 rings (SSSR count). The van der Waals surface area contributed by atoms with E-state index in [2.05, 4.69) is 0 Å². The standard InChI is InChI=1S/C20H22N2O3/c1-15-7-3-5-9-17(15)22-12-11-21(14-20(22)24)19(23)13-16-8-4-6-10-18(16)25-2/h3-10H,11-14H2,1-2H3. The molecule has 1 heterocycles. The van der Waals surface area contributed by atoms with Crippen LogP contribution in [0.4, 0.5) is 5.69 Å². The number of methoxy groups -OCH3 is 1. The first-order chi connectivity index (χ1) is 12.1. The van der Waals surface area contributed by atoms with Crippen molar-refractivity contribution < 1.29 is 14.3 Å². The zero-order valence-corrected chi connectivity index (χ0v) is 14.6. The van der Waals surface area contributed by atoms with E-state index >= 15 is 0 Å². The van der Waals surface area contributed by atoms with E-state index in [-0.39, 0.29) is 24.8 Å². The maximum absolute atomic E-state index is 12.6. The Morgan fingerprint density at radius 2 is 1.80 bits per heavy atom. The summed E-state index contributed by atoms with van der Waals surface area (Å²) in [6.45, 7) is 3.15. The summed E-state index contributed by atoms with van der Waals surface area (Å²) in [7, 11) is 1.59. The van der Waals surface area contributed by atoms with Crippen LogP contribution in [0.3, 0.4) is 0 Å². The normalized spacial score (nSPS) is 14.6. The molecule has 0 spiro atoms. The number of anilines is 1. The monoisotopic (exact) mass is 338 g/mol. The predicted octanol–water partition coefficient (Wildman–Crippen LogP) is 2.42. The minimum absolute atomic E-state index is 0.0473. The molecule has 5 heteroatoms. The molecule has 1 saturated heterocycles. The van der Waals surface area contributed by atoms with Gasteiger partial charge in [-0.3, -0.25) is 9.59 Å². The number of piperazine rings is 1. The van der Waals surface area contributed by atoms with Gasteiger partial charge in [-0.1, -0.05) is 36.4 Å². The summed E-state index contributed by atoms with van der Waals surface area (Å²) in [5.74, 6) is 0.594. The van der Waals surface area contributed by atoms with Gasteiger partial charge in [0.05, 0.1) is 13.5 Å². The summed E-state index contributed by atoms with van der Waals surface area (Å²) in [5, 5.41) is 0. The molecular weight excluding hydrogens is 316 g/mol. The summed E-state index contributed by atoms with van der Waals surface area (Å²) in [6, 6.07) is 15.3. The molecule has 2 aromatic rings. The van der Waals surface area contributed by atoms with E-state index in [1.807, 2.05) is 55.5 Å². The average molecular weight is 338 g/mol. The van der Waals surface area contributed by atoms with Gasteiger partial charge in [0.1, 0.15) is 12.3 Å². The molecule has 0 N–H and O–H groups in total. The van der Waals surface area contributed by atoms with E-state index < -0.39 is 0 Å². The van der Waals surface area contributed by atoms with Gasteiger partial charge in [0.15, 0.2) is 0 Å². The Bertz CT molecular complexity index is 788. The zero-order chi connectivity index (χ0) is 17.8. The Kier molecular flexibility index (Phi) is 5.03. The Labute approximate surface area is 147 Å². The predicted molar refractivity (Wildman–Crippen MR) is 96.8 cm³/mol. The van der Waals surface area contributed by atoms with Crippen LogP contribution in [0.25, 0.3) is 0 Å². The third kappa shape index (κ3) is 3.65. The number of rotatable bonds is 4. The number of ether oxygens (including phenoxy) is 1. The fourth-order valence-corrected chi connectivity index (χ4v) is 3.13. The number of nitrogens with zero attached hydrogens (tertiary/aromatic N) is 2. The first kappa shape index (κ1) is 17.0. The molecule has 0 saturated carbocycles. The van der Waals surface area contributed by atoms with E-state index in [9.17, 15) is 9.59 Å². The molecule has 1 aliphatic rings. The first-order valence-electron chi connectivity index (χ1n) is 8.36. The number of para-hydroxylation sites is 2. The van der Waals surface area contributed by atoms with E-state index in [0.29, 0.717) is 18.8 Å². The van der Waals surface area contributed by atoms with Gasteiger partial charge in [0.2, 0.25) is 11.8 Å². The lowest BCUT2D eigenvalue weighted by molar-refractivity contribution is -0.136.